The summed E-state index contributed by atoms with van der Waals surface area (Å²) < 4.78 is 18.6. The lowest BCUT2D eigenvalue weighted by molar-refractivity contribution is -0.120. The fourth-order valence-corrected chi connectivity index (χ4v) is 2.73. The molecule has 138 valence electrons. The molecule has 3 rings (SSSR count). The van der Waals surface area contributed by atoms with E-state index in [4.69, 9.17) is 16.3 Å². The van der Waals surface area contributed by atoms with E-state index < -0.39 is 0 Å². The van der Waals surface area contributed by atoms with Crippen LogP contribution >= 0.6 is 11.6 Å². The number of rotatable bonds is 7. The molecule has 0 saturated carbocycles. The van der Waals surface area contributed by atoms with E-state index in [0.29, 0.717) is 23.9 Å². The number of hydrogen-bond acceptors (Lipinski definition) is 2. The summed E-state index contributed by atoms with van der Waals surface area (Å²) in [5, 5.41) is 3.48. The number of carbonyl (C=O) groups excluding carboxylic acids is 1. The second kappa shape index (κ2) is 9.19. The zero-order valence-corrected chi connectivity index (χ0v) is 15.4. The largest absolute Gasteiger partial charge is 0.489 e. The number of benzene rings is 3. The lowest BCUT2D eigenvalue weighted by atomic mass is 10.1. The van der Waals surface area contributed by atoms with Crippen LogP contribution in [0, 0.1) is 5.82 Å². The maximum atomic E-state index is 12.9. The predicted octanol–water partition coefficient (Wildman–Crippen LogP) is 4.92. The molecule has 0 aliphatic carbocycles. The van der Waals surface area contributed by atoms with Gasteiger partial charge in [0.25, 0.3) is 0 Å². The van der Waals surface area contributed by atoms with Crippen LogP contribution in [0.2, 0.25) is 5.02 Å². The second-order valence-electron chi connectivity index (χ2n) is 6.10. The molecule has 3 aromatic carbocycles. The van der Waals surface area contributed by atoms with Crippen molar-refractivity contribution >= 4 is 17.5 Å². The highest BCUT2D eigenvalue weighted by molar-refractivity contribution is 6.31. The third-order valence-corrected chi connectivity index (χ3v) is 4.41. The number of ether oxygens (including phenoxy) is 1. The molecule has 0 spiro atoms. The zero-order valence-electron chi connectivity index (χ0n) is 14.6. The number of nitrogens with one attached hydrogen (secondary N) is 1. The van der Waals surface area contributed by atoms with Crippen LogP contribution in [0.1, 0.15) is 16.7 Å². The van der Waals surface area contributed by atoms with Crippen molar-refractivity contribution in [3.63, 3.8) is 0 Å². The quantitative estimate of drug-likeness (QED) is 0.629. The van der Waals surface area contributed by atoms with E-state index >= 15 is 0 Å². The van der Waals surface area contributed by atoms with Crippen molar-refractivity contribution < 1.29 is 13.9 Å². The van der Waals surface area contributed by atoms with Crippen molar-refractivity contribution in [3.8, 4) is 5.75 Å². The number of halogens is 2. The highest BCUT2D eigenvalue weighted by Gasteiger charge is 2.06. The van der Waals surface area contributed by atoms with Gasteiger partial charge in [-0.2, -0.15) is 0 Å². The first-order valence-electron chi connectivity index (χ1n) is 8.56. The summed E-state index contributed by atoms with van der Waals surface area (Å²) in [4.78, 5) is 12.1. The molecule has 0 aliphatic heterocycles. The Hall–Kier alpha value is -2.85. The van der Waals surface area contributed by atoms with Gasteiger partial charge in [0.15, 0.2) is 0 Å². The molecule has 0 fully saturated rings. The molecule has 0 atom stereocenters. The fraction of sp³-hybridized carbons (Fsp3) is 0.136. The van der Waals surface area contributed by atoms with E-state index in [0.717, 1.165) is 16.7 Å². The molecular weight excluding hydrogens is 365 g/mol. The molecule has 0 radical (unpaired) electrons. The minimum atomic E-state index is -0.264. The van der Waals surface area contributed by atoms with E-state index in [-0.39, 0.29) is 18.1 Å². The van der Waals surface area contributed by atoms with Crippen LogP contribution in [0.5, 0.6) is 5.75 Å². The zero-order chi connectivity index (χ0) is 19.1. The average Bonchev–Trinajstić information content (AvgIpc) is 2.68. The molecule has 3 aromatic rings. The van der Waals surface area contributed by atoms with Gasteiger partial charge in [0.1, 0.15) is 18.2 Å². The molecule has 0 aromatic heterocycles. The van der Waals surface area contributed by atoms with Crippen LogP contribution in [-0.4, -0.2) is 5.91 Å². The van der Waals surface area contributed by atoms with Gasteiger partial charge in [-0.15, -0.1) is 0 Å². The normalized spacial score (nSPS) is 10.4. The molecule has 0 bridgehead atoms. The van der Waals surface area contributed by atoms with Gasteiger partial charge >= 0.3 is 0 Å². The minimum absolute atomic E-state index is 0.0836. The van der Waals surface area contributed by atoms with Crippen LogP contribution in [-0.2, 0) is 24.4 Å². The third-order valence-electron chi connectivity index (χ3n) is 4.04. The van der Waals surface area contributed by atoms with E-state index in [2.05, 4.69) is 5.32 Å². The molecule has 0 heterocycles. The van der Waals surface area contributed by atoms with Crippen LogP contribution in [0.25, 0.3) is 0 Å². The highest BCUT2D eigenvalue weighted by atomic mass is 35.5. The van der Waals surface area contributed by atoms with Gasteiger partial charge in [-0.05, 0) is 47.0 Å². The van der Waals surface area contributed by atoms with E-state index in [1.54, 1.807) is 18.2 Å². The SMILES string of the molecule is O=C(Cc1ccccc1Cl)NCc1ccc(OCc2ccc(F)cc2)cc1. The molecule has 1 amide bonds. The van der Waals surface area contributed by atoms with Gasteiger partial charge < -0.3 is 10.1 Å². The summed E-state index contributed by atoms with van der Waals surface area (Å²) in [6.07, 6.45) is 0.249. The van der Waals surface area contributed by atoms with Crippen LogP contribution in [0.3, 0.4) is 0 Å². The van der Waals surface area contributed by atoms with Crippen LogP contribution in [0.15, 0.2) is 72.8 Å². The van der Waals surface area contributed by atoms with Gasteiger partial charge in [-0.3, -0.25) is 4.79 Å². The first-order chi connectivity index (χ1) is 13.1. The van der Waals surface area contributed by atoms with Crippen molar-refractivity contribution in [2.24, 2.45) is 0 Å². The lowest BCUT2D eigenvalue weighted by Gasteiger charge is -2.09. The smallest absolute Gasteiger partial charge is 0.224 e. The van der Waals surface area contributed by atoms with E-state index in [9.17, 15) is 9.18 Å². The summed E-state index contributed by atoms with van der Waals surface area (Å²) in [5.41, 5.74) is 2.67. The number of carbonyl (C=O) groups is 1. The van der Waals surface area contributed by atoms with Crippen molar-refractivity contribution in [3.05, 3.63) is 100 Å². The summed E-state index contributed by atoms with van der Waals surface area (Å²) in [7, 11) is 0. The van der Waals surface area contributed by atoms with Gasteiger partial charge in [-0.1, -0.05) is 54.1 Å². The lowest BCUT2D eigenvalue weighted by Crippen LogP contribution is -2.24. The average molecular weight is 384 g/mol. The minimum Gasteiger partial charge on any atom is -0.489 e. The Bertz CT molecular complexity index is 895. The van der Waals surface area contributed by atoms with Crippen molar-refractivity contribution in [1.82, 2.24) is 5.32 Å². The van der Waals surface area contributed by atoms with Gasteiger partial charge in [-0.25, -0.2) is 4.39 Å². The van der Waals surface area contributed by atoms with Gasteiger partial charge in [0.05, 0.1) is 6.42 Å². The number of amides is 1. The maximum absolute atomic E-state index is 12.9. The molecule has 27 heavy (non-hydrogen) atoms. The molecule has 3 nitrogen and oxygen atoms in total. The maximum Gasteiger partial charge on any atom is 0.224 e. The summed E-state index contributed by atoms with van der Waals surface area (Å²) in [6.45, 7) is 0.801. The Balaban J connectivity index is 1.46. The Labute approximate surface area is 162 Å². The summed E-state index contributed by atoms with van der Waals surface area (Å²) >= 11 is 6.07. The molecule has 0 saturated heterocycles. The first-order valence-corrected chi connectivity index (χ1v) is 8.94. The van der Waals surface area contributed by atoms with Gasteiger partial charge in [0, 0.05) is 11.6 Å². The summed E-state index contributed by atoms with van der Waals surface area (Å²) in [5.74, 6) is 0.366. The molecule has 1 N–H and O–H groups in total. The topological polar surface area (TPSA) is 38.3 Å². The molecule has 0 aliphatic rings. The second-order valence-corrected chi connectivity index (χ2v) is 6.51. The Kier molecular flexibility index (Phi) is 6.44. The highest BCUT2D eigenvalue weighted by Crippen LogP contribution is 2.16. The van der Waals surface area contributed by atoms with Crippen LogP contribution < -0.4 is 10.1 Å². The Morgan fingerprint density at radius 1 is 0.926 bits per heavy atom. The molecular formula is C22H19ClFNO2. The van der Waals surface area contributed by atoms with E-state index in [1.165, 1.54) is 12.1 Å². The van der Waals surface area contributed by atoms with E-state index in [1.807, 2.05) is 42.5 Å². The first kappa shape index (κ1) is 18.9. The van der Waals surface area contributed by atoms with Crippen molar-refractivity contribution in [2.45, 2.75) is 19.6 Å². The third kappa shape index (κ3) is 5.83. The van der Waals surface area contributed by atoms with Gasteiger partial charge in [0.2, 0.25) is 5.91 Å². The monoisotopic (exact) mass is 383 g/mol. The Morgan fingerprint density at radius 2 is 1.59 bits per heavy atom. The molecule has 0 unspecified atom stereocenters. The standard InChI is InChI=1S/C22H19ClFNO2/c23-21-4-2-1-3-18(21)13-22(26)25-14-16-7-11-20(12-8-16)27-15-17-5-9-19(24)10-6-17/h1-12H,13-15H2,(H,25,26). The Morgan fingerprint density at radius 3 is 2.30 bits per heavy atom. The van der Waals surface area contributed by atoms with Crippen molar-refractivity contribution in [2.75, 3.05) is 0 Å². The van der Waals surface area contributed by atoms with Crippen LogP contribution in [0.4, 0.5) is 4.39 Å². The molecule has 5 heteroatoms. The predicted molar refractivity (Wildman–Crippen MR) is 104 cm³/mol. The fourth-order valence-electron chi connectivity index (χ4n) is 2.53. The van der Waals surface area contributed by atoms with Crippen molar-refractivity contribution in [1.29, 1.82) is 0 Å². The number of hydrogen-bond donors (Lipinski definition) is 1. The summed E-state index contributed by atoms with van der Waals surface area (Å²) in [6, 6.07) is 21.0.